The van der Waals surface area contributed by atoms with Crippen LogP contribution in [0.2, 0.25) is 0 Å². The summed E-state index contributed by atoms with van der Waals surface area (Å²) in [5.74, 6) is -0.401. The van der Waals surface area contributed by atoms with Gasteiger partial charge in [0.25, 0.3) is 5.91 Å². The normalized spacial score (nSPS) is 16.9. The number of imide groups is 1. The van der Waals surface area contributed by atoms with Crippen LogP contribution in [0.15, 0.2) is 70.5 Å². The van der Waals surface area contributed by atoms with Crippen molar-refractivity contribution in [1.82, 2.24) is 9.88 Å². The number of alkyl halides is 3. The van der Waals surface area contributed by atoms with Crippen molar-refractivity contribution in [2.75, 3.05) is 4.90 Å². The SMILES string of the molecule is O=C1C(Cc2ccsc2)N(Cc2ccncc2)C(=O)N1c1ccc(SC(F)(F)F)cc1. The summed E-state index contributed by atoms with van der Waals surface area (Å²) < 4.78 is 37.8. The van der Waals surface area contributed by atoms with Gasteiger partial charge in [0, 0.05) is 30.3 Å². The van der Waals surface area contributed by atoms with Crippen LogP contribution in [0, 0.1) is 0 Å². The number of hydrogen-bond donors (Lipinski definition) is 0. The maximum absolute atomic E-state index is 13.2. The maximum Gasteiger partial charge on any atom is 0.446 e. The van der Waals surface area contributed by atoms with Crippen molar-refractivity contribution in [1.29, 1.82) is 0 Å². The molecule has 4 rings (SSSR count). The van der Waals surface area contributed by atoms with Gasteiger partial charge in [-0.05, 0) is 76.1 Å². The van der Waals surface area contributed by atoms with Crippen LogP contribution >= 0.6 is 23.1 Å². The van der Waals surface area contributed by atoms with E-state index in [9.17, 15) is 22.8 Å². The third kappa shape index (κ3) is 4.91. The molecule has 160 valence electrons. The van der Waals surface area contributed by atoms with Gasteiger partial charge in [0.1, 0.15) is 6.04 Å². The largest absolute Gasteiger partial charge is 0.446 e. The Bertz CT molecular complexity index is 1060. The minimum Gasteiger partial charge on any atom is -0.307 e. The summed E-state index contributed by atoms with van der Waals surface area (Å²) in [4.78, 5) is 32.9. The second-order valence-electron chi connectivity index (χ2n) is 6.83. The fourth-order valence-electron chi connectivity index (χ4n) is 3.37. The quantitative estimate of drug-likeness (QED) is 0.366. The molecular formula is C21H16F3N3O2S2. The standard InChI is InChI=1S/C21H16F3N3O2S2/c22-21(23,24)31-17-3-1-16(2-4-17)27-19(28)18(11-15-7-10-30-13-15)26(20(27)29)12-14-5-8-25-9-6-14/h1-10,13,18H,11-12H2. The Morgan fingerprint density at radius 1 is 1.00 bits per heavy atom. The van der Waals surface area contributed by atoms with Gasteiger partial charge in [-0.3, -0.25) is 9.78 Å². The van der Waals surface area contributed by atoms with Crippen molar-refractivity contribution in [2.45, 2.75) is 29.4 Å². The van der Waals surface area contributed by atoms with Gasteiger partial charge in [-0.15, -0.1) is 0 Å². The molecule has 0 saturated carbocycles. The molecule has 3 heterocycles. The van der Waals surface area contributed by atoms with Crippen LogP contribution in [-0.4, -0.2) is 33.4 Å². The van der Waals surface area contributed by atoms with Crippen molar-refractivity contribution in [2.24, 2.45) is 0 Å². The van der Waals surface area contributed by atoms with E-state index in [-0.39, 0.29) is 28.9 Å². The first-order valence-corrected chi connectivity index (χ1v) is 11.0. The van der Waals surface area contributed by atoms with E-state index in [4.69, 9.17) is 0 Å². The zero-order chi connectivity index (χ0) is 22.0. The topological polar surface area (TPSA) is 53.5 Å². The van der Waals surface area contributed by atoms with Gasteiger partial charge < -0.3 is 4.90 Å². The molecule has 1 fully saturated rings. The van der Waals surface area contributed by atoms with Crippen molar-refractivity contribution in [3.05, 3.63) is 76.7 Å². The Hall–Kier alpha value is -2.85. The highest BCUT2D eigenvalue weighted by Crippen LogP contribution is 2.38. The third-order valence-electron chi connectivity index (χ3n) is 4.76. The summed E-state index contributed by atoms with van der Waals surface area (Å²) >= 11 is 1.26. The molecule has 1 aliphatic rings. The summed E-state index contributed by atoms with van der Waals surface area (Å²) in [6, 6.07) is 9.47. The number of thioether (sulfide) groups is 1. The van der Waals surface area contributed by atoms with Crippen molar-refractivity contribution < 1.29 is 22.8 Å². The number of pyridine rings is 1. The van der Waals surface area contributed by atoms with Crippen LogP contribution in [0.1, 0.15) is 11.1 Å². The molecule has 2 aromatic heterocycles. The third-order valence-corrected chi connectivity index (χ3v) is 6.23. The second-order valence-corrected chi connectivity index (χ2v) is 8.75. The fraction of sp³-hybridized carbons (Fsp3) is 0.190. The van der Waals surface area contributed by atoms with Crippen LogP contribution in [0.4, 0.5) is 23.7 Å². The van der Waals surface area contributed by atoms with E-state index in [1.165, 1.54) is 40.5 Å². The maximum atomic E-state index is 13.2. The molecule has 0 spiro atoms. The van der Waals surface area contributed by atoms with Gasteiger partial charge in [-0.1, -0.05) is 0 Å². The lowest BCUT2D eigenvalue weighted by Crippen LogP contribution is -2.36. The molecule has 1 aromatic carbocycles. The highest BCUT2D eigenvalue weighted by Gasteiger charge is 2.45. The Labute approximate surface area is 184 Å². The Morgan fingerprint density at radius 3 is 2.32 bits per heavy atom. The van der Waals surface area contributed by atoms with Gasteiger partial charge in [0.15, 0.2) is 0 Å². The van der Waals surface area contributed by atoms with Gasteiger partial charge in [0.2, 0.25) is 0 Å². The number of carbonyl (C=O) groups excluding carboxylic acids is 2. The zero-order valence-electron chi connectivity index (χ0n) is 16.0. The number of aromatic nitrogens is 1. The van der Waals surface area contributed by atoms with E-state index in [2.05, 4.69) is 4.98 Å². The highest BCUT2D eigenvalue weighted by atomic mass is 32.2. The number of halogens is 3. The number of urea groups is 1. The van der Waals surface area contributed by atoms with Crippen LogP contribution < -0.4 is 4.90 Å². The second kappa shape index (κ2) is 8.72. The van der Waals surface area contributed by atoms with Crippen LogP contribution in [0.3, 0.4) is 0 Å². The molecule has 1 saturated heterocycles. The lowest BCUT2D eigenvalue weighted by atomic mass is 10.1. The van der Waals surface area contributed by atoms with Crippen molar-refractivity contribution >= 4 is 40.7 Å². The molecule has 31 heavy (non-hydrogen) atoms. The molecule has 5 nitrogen and oxygen atoms in total. The van der Waals surface area contributed by atoms with E-state index in [0.29, 0.717) is 6.42 Å². The minimum absolute atomic E-state index is 0.0150. The van der Waals surface area contributed by atoms with Gasteiger partial charge in [-0.2, -0.15) is 24.5 Å². The van der Waals surface area contributed by atoms with E-state index >= 15 is 0 Å². The highest BCUT2D eigenvalue weighted by molar-refractivity contribution is 8.00. The number of hydrogen-bond acceptors (Lipinski definition) is 5. The number of carbonyl (C=O) groups is 2. The van der Waals surface area contributed by atoms with Crippen LogP contribution in [0.5, 0.6) is 0 Å². The molecule has 3 amide bonds. The number of thiophene rings is 1. The lowest BCUT2D eigenvalue weighted by Gasteiger charge is -2.21. The average Bonchev–Trinajstić information content (AvgIpc) is 3.31. The number of rotatable bonds is 6. The fourth-order valence-corrected chi connectivity index (χ4v) is 4.59. The molecule has 0 radical (unpaired) electrons. The van der Waals surface area contributed by atoms with E-state index in [1.54, 1.807) is 24.5 Å². The number of nitrogens with zero attached hydrogens (tertiary/aromatic N) is 3. The van der Waals surface area contributed by atoms with E-state index in [1.807, 2.05) is 16.8 Å². The summed E-state index contributed by atoms with van der Waals surface area (Å²) in [6.07, 6.45) is 3.58. The average molecular weight is 464 g/mol. The summed E-state index contributed by atoms with van der Waals surface area (Å²) in [5, 5.41) is 3.83. The first-order valence-electron chi connectivity index (χ1n) is 9.22. The monoisotopic (exact) mass is 463 g/mol. The van der Waals surface area contributed by atoms with Gasteiger partial charge >= 0.3 is 11.5 Å². The van der Waals surface area contributed by atoms with E-state index < -0.39 is 23.5 Å². The molecule has 10 heteroatoms. The van der Waals surface area contributed by atoms with Crippen LogP contribution in [-0.2, 0) is 17.8 Å². The first kappa shape index (κ1) is 21.4. The Balaban J connectivity index is 1.62. The predicted molar refractivity (Wildman–Crippen MR) is 113 cm³/mol. The van der Waals surface area contributed by atoms with Crippen molar-refractivity contribution in [3.8, 4) is 0 Å². The molecule has 3 aromatic rings. The molecule has 0 aliphatic carbocycles. The summed E-state index contributed by atoms with van der Waals surface area (Å²) in [7, 11) is 0. The smallest absolute Gasteiger partial charge is 0.307 e. The van der Waals surface area contributed by atoms with E-state index in [0.717, 1.165) is 16.0 Å². The summed E-state index contributed by atoms with van der Waals surface area (Å²) in [5.41, 5.74) is -2.40. The number of anilines is 1. The predicted octanol–water partition coefficient (Wildman–Crippen LogP) is 5.34. The Morgan fingerprint density at radius 2 is 1.71 bits per heavy atom. The number of benzene rings is 1. The molecule has 0 N–H and O–H groups in total. The summed E-state index contributed by atoms with van der Waals surface area (Å²) in [6.45, 7) is 0.223. The molecular weight excluding hydrogens is 447 g/mol. The molecule has 0 bridgehead atoms. The molecule has 1 unspecified atom stereocenters. The van der Waals surface area contributed by atoms with Gasteiger partial charge in [-0.25, -0.2) is 9.69 Å². The Kier molecular flexibility index (Phi) is 6.01. The first-order chi connectivity index (χ1) is 14.8. The van der Waals surface area contributed by atoms with Crippen LogP contribution in [0.25, 0.3) is 0 Å². The molecule has 1 aliphatic heterocycles. The molecule has 1 atom stereocenters. The zero-order valence-corrected chi connectivity index (χ0v) is 17.6. The van der Waals surface area contributed by atoms with Crippen molar-refractivity contribution in [3.63, 3.8) is 0 Å². The van der Waals surface area contributed by atoms with Gasteiger partial charge in [0.05, 0.1) is 5.69 Å². The lowest BCUT2D eigenvalue weighted by molar-refractivity contribution is -0.119. The number of amides is 3. The minimum atomic E-state index is -4.41.